The van der Waals surface area contributed by atoms with Crippen LogP contribution in [0.4, 0.5) is 0 Å². The first-order valence-electron chi connectivity index (χ1n) is 32.7. The molecule has 0 unspecified atom stereocenters. The Hall–Kier alpha value is -4.38. The van der Waals surface area contributed by atoms with Gasteiger partial charge in [0.15, 0.2) is 0 Å². The van der Waals surface area contributed by atoms with Crippen LogP contribution in [0.25, 0.3) is 0 Å². The Kier molecular flexibility index (Phi) is 63.3. The standard InChI is InChI=1S/C25H30N2O5.C25H32N2O3.C15H21NO4.C10H13N.ClH.HI.9H2S/c1-3-32-25(31)21(14-13-18-9-5-4-6-10-18)26-17(2)23(28)27-16-20-12-8-7-11-19(20)15-22(27)24(29)30;1-4-30-25(29)23(15-14-20-10-6-5-7-11-20)26-19(3)24(28)27-17-22-13-9-8-12-21(22)16-18(27)2;1-3-20-15(19)13(16-11(2)14(17)18)10-9-12-7-5-4-6-8-12;1-8-6-9-4-2-3-5-10(9)7-11-8;;;;;;;;;;;/h4-12,17,21-22,26H,3,13-16H2,1-2H3,(H,29,30);5-13,18-19,23,26H,4,14-17H2,1-3H3;4-8,11,13,16H,3,9-10H2,1-2H3,(H,17,18);2-5,8,11H,6-7H2,1H3;2*1H;9*1H2/t17-,21-,22-;18-,19+,23+;11-,13-;8-;;;;;;;;;;;/m0101.........../s1. The summed E-state index contributed by atoms with van der Waals surface area (Å²) in [7, 11) is 0. The van der Waals surface area contributed by atoms with E-state index in [1.807, 2.05) is 139 Å². The molecular weight excluding hydrogens is 1630 g/mol. The van der Waals surface area contributed by atoms with E-state index < -0.39 is 66.2 Å². The van der Waals surface area contributed by atoms with Gasteiger partial charge in [-0.25, -0.2) is 4.79 Å². The fourth-order valence-electron chi connectivity index (χ4n) is 11.6. The second-order valence-electron chi connectivity index (χ2n) is 23.8. The third-order valence-corrected chi connectivity index (χ3v) is 16.8. The average molecular weight is 1740 g/mol. The van der Waals surface area contributed by atoms with E-state index >= 15 is 0 Å². The molecule has 6 N–H and O–H groups in total. The lowest BCUT2D eigenvalue weighted by molar-refractivity contribution is -0.153. The van der Waals surface area contributed by atoms with Crippen LogP contribution in [0.2, 0.25) is 0 Å². The molecule has 0 saturated carbocycles. The van der Waals surface area contributed by atoms with Crippen molar-refractivity contribution < 1.29 is 58.0 Å². The van der Waals surface area contributed by atoms with Crippen LogP contribution in [0.15, 0.2) is 164 Å². The summed E-state index contributed by atoms with van der Waals surface area (Å²) in [6.07, 6.45) is 5.91. The minimum absolute atomic E-state index is 0. The number of aryl methyl sites for hydroxylation is 3. The minimum atomic E-state index is -1.04. The van der Waals surface area contributed by atoms with E-state index in [1.54, 1.807) is 27.7 Å². The average Bonchev–Trinajstić information content (AvgIpc) is 0.800. The van der Waals surface area contributed by atoms with E-state index in [1.165, 1.54) is 40.5 Å². The van der Waals surface area contributed by atoms with Crippen LogP contribution >= 0.6 is 158 Å². The first kappa shape index (κ1) is 111. The third kappa shape index (κ3) is 36.7. The number of carboxylic acid groups (broad SMARTS) is 2. The van der Waals surface area contributed by atoms with Crippen LogP contribution in [0.1, 0.15) is 125 Å². The molecule has 18 nitrogen and oxygen atoms in total. The summed E-state index contributed by atoms with van der Waals surface area (Å²) >= 11 is 0. The molecule has 2 amide bonds. The maximum atomic E-state index is 13.3. The molecule has 9 rings (SSSR count). The molecular formula is C75H116ClIN6O12S9. The number of hydrogen-bond donors (Lipinski definition) is 6. The number of benzene rings is 6. The number of rotatable bonds is 25. The number of halogens is 2. The summed E-state index contributed by atoms with van der Waals surface area (Å²) < 4.78 is 15.4. The quantitative estimate of drug-likeness (QED) is 0.0177. The van der Waals surface area contributed by atoms with Crippen LogP contribution in [-0.4, -0.2) is 136 Å². The number of esters is 3. The Labute approximate surface area is 703 Å². The zero-order chi connectivity index (χ0) is 67.2. The van der Waals surface area contributed by atoms with Gasteiger partial charge in [0.1, 0.15) is 30.2 Å². The number of carbonyl (C=O) groups excluding carboxylic acids is 5. The Balaban J connectivity index is -0.000000312. The molecule has 3 aliphatic rings. The fraction of sp³-hybridized carbons (Fsp3) is 0.427. The van der Waals surface area contributed by atoms with Crippen molar-refractivity contribution >= 4 is 200 Å². The predicted molar refractivity (Wildman–Crippen MR) is 476 cm³/mol. The fourth-order valence-corrected chi connectivity index (χ4v) is 11.6. The number of hydrogen-bond acceptors (Lipinski definition) is 14. The highest BCUT2D eigenvalue weighted by atomic mass is 127. The second-order valence-corrected chi connectivity index (χ2v) is 23.8. The zero-order valence-corrected chi connectivity index (χ0v) is 72.7. The van der Waals surface area contributed by atoms with Crippen molar-refractivity contribution in [3.63, 3.8) is 0 Å². The van der Waals surface area contributed by atoms with Gasteiger partial charge in [0.2, 0.25) is 11.8 Å². The van der Waals surface area contributed by atoms with Crippen molar-refractivity contribution in [1.82, 2.24) is 31.1 Å². The van der Waals surface area contributed by atoms with Crippen LogP contribution in [-0.2, 0) is 106 Å². The summed E-state index contributed by atoms with van der Waals surface area (Å²) in [5.41, 5.74) is 10.7. The lowest BCUT2D eigenvalue weighted by Crippen LogP contribution is -2.56. The lowest BCUT2D eigenvalue weighted by atomic mass is 9.93. The molecule has 0 radical (unpaired) electrons. The highest BCUT2D eigenvalue weighted by Crippen LogP contribution is 2.26. The highest BCUT2D eigenvalue weighted by Gasteiger charge is 2.38. The normalized spacial score (nSPS) is 15.4. The summed E-state index contributed by atoms with van der Waals surface area (Å²) in [5, 5.41) is 31.2. The van der Waals surface area contributed by atoms with E-state index in [-0.39, 0.29) is 208 Å². The van der Waals surface area contributed by atoms with Gasteiger partial charge in [-0.2, -0.15) is 121 Å². The topological polar surface area (TPSA) is 242 Å². The Morgan fingerprint density at radius 2 is 0.731 bits per heavy atom. The van der Waals surface area contributed by atoms with E-state index in [2.05, 4.69) is 71.5 Å². The summed E-state index contributed by atoms with van der Waals surface area (Å²) in [5.74, 6) is -3.47. The maximum Gasteiger partial charge on any atom is 0.326 e. The van der Waals surface area contributed by atoms with Crippen LogP contribution in [0.5, 0.6) is 0 Å². The number of carboxylic acids is 2. The molecule has 0 bridgehead atoms. The second kappa shape index (κ2) is 59.6. The van der Waals surface area contributed by atoms with Crippen molar-refractivity contribution in [2.45, 2.75) is 187 Å². The molecule has 29 heteroatoms. The molecule has 9 atom stereocenters. The molecule has 0 aromatic heterocycles. The highest BCUT2D eigenvalue weighted by molar-refractivity contribution is 14.0. The monoisotopic (exact) mass is 1740 g/mol. The molecule has 6 aromatic carbocycles. The van der Waals surface area contributed by atoms with Crippen LogP contribution in [0, 0.1) is 0 Å². The lowest BCUT2D eigenvalue weighted by Gasteiger charge is -2.37. The number of ether oxygens (including phenoxy) is 3. The molecule has 0 aliphatic carbocycles. The Bertz CT molecular complexity index is 3380. The SMILES string of the molecule is CCOC(=O)[C@H](CCc1ccccc1)N[C@@H](C)C(=O)N1Cc2ccccc2C[C@H]1C.CCOC(=O)[C@H](CCc1ccccc1)N[C@@H](C)C(=O)N1Cc2ccccc2C[C@H]1C(=O)O.CCOC(=O)[C@H](CCc1ccccc1)N[C@@H](C)C(=O)O.C[C@@H]1Cc2ccccc2CN1.Cl.I.S.S.S.S.S.S.S.S.S. The van der Waals surface area contributed by atoms with Crippen molar-refractivity contribution in [1.29, 1.82) is 0 Å². The van der Waals surface area contributed by atoms with Crippen LogP contribution < -0.4 is 21.3 Å². The smallest absolute Gasteiger partial charge is 0.326 e. The van der Waals surface area contributed by atoms with E-state index in [4.69, 9.17) is 19.3 Å². The van der Waals surface area contributed by atoms with Gasteiger partial charge in [-0.1, -0.05) is 164 Å². The summed E-state index contributed by atoms with van der Waals surface area (Å²) in [4.78, 5) is 89.4. The maximum absolute atomic E-state index is 13.3. The third-order valence-electron chi connectivity index (χ3n) is 16.8. The van der Waals surface area contributed by atoms with E-state index in [9.17, 15) is 38.7 Å². The number of aliphatic carboxylic acids is 2. The molecule has 104 heavy (non-hydrogen) atoms. The molecule has 0 spiro atoms. The van der Waals surface area contributed by atoms with Crippen LogP contribution in [0.3, 0.4) is 0 Å². The van der Waals surface area contributed by atoms with Gasteiger partial charge in [0.25, 0.3) is 0 Å². The van der Waals surface area contributed by atoms with Gasteiger partial charge < -0.3 is 39.5 Å². The van der Waals surface area contributed by atoms with Gasteiger partial charge in [-0.3, -0.25) is 44.7 Å². The van der Waals surface area contributed by atoms with Crippen molar-refractivity contribution in [2.75, 3.05) is 19.8 Å². The first-order valence-corrected chi connectivity index (χ1v) is 32.7. The molecule has 0 saturated heterocycles. The summed E-state index contributed by atoms with van der Waals surface area (Å²) in [6.45, 7) is 17.3. The molecule has 3 aliphatic heterocycles. The summed E-state index contributed by atoms with van der Waals surface area (Å²) in [6, 6.07) is 50.1. The van der Waals surface area contributed by atoms with Gasteiger partial charge in [0, 0.05) is 38.1 Å². The van der Waals surface area contributed by atoms with Gasteiger partial charge >= 0.3 is 29.8 Å². The first-order chi connectivity index (χ1) is 44.8. The van der Waals surface area contributed by atoms with Crippen molar-refractivity contribution in [2.24, 2.45) is 0 Å². The van der Waals surface area contributed by atoms with Gasteiger partial charge in [0.05, 0.1) is 31.9 Å². The number of nitrogens with zero attached hydrogens (tertiary/aromatic N) is 2. The number of nitrogens with one attached hydrogen (secondary N) is 4. The zero-order valence-electron chi connectivity index (χ0n) is 60.6. The number of carbonyl (C=O) groups is 7. The Morgan fingerprint density at radius 3 is 1.08 bits per heavy atom. The number of amides is 2. The minimum Gasteiger partial charge on any atom is -0.480 e. The molecule has 586 valence electrons. The van der Waals surface area contributed by atoms with E-state index in [0.29, 0.717) is 51.3 Å². The van der Waals surface area contributed by atoms with Gasteiger partial charge in [-0.15, -0.1) is 36.4 Å². The molecule has 6 aromatic rings. The molecule has 0 fully saturated rings. The van der Waals surface area contributed by atoms with Crippen molar-refractivity contribution in [3.8, 4) is 0 Å². The van der Waals surface area contributed by atoms with Crippen molar-refractivity contribution in [3.05, 3.63) is 214 Å². The van der Waals surface area contributed by atoms with E-state index in [0.717, 1.165) is 47.2 Å². The molecule has 3 heterocycles. The predicted octanol–water partition coefficient (Wildman–Crippen LogP) is 11.5. The Morgan fingerprint density at radius 1 is 0.433 bits per heavy atom. The number of fused-ring (bicyclic) bond motifs is 3. The van der Waals surface area contributed by atoms with Gasteiger partial charge in [-0.05, 0) is 157 Å². The largest absolute Gasteiger partial charge is 0.480 e.